The first-order valence-corrected chi connectivity index (χ1v) is 11.7. The minimum Gasteiger partial charge on any atom is -0.370 e. The number of nitrogens with zero attached hydrogens (tertiary/aromatic N) is 6. The molecule has 2 fully saturated rings. The maximum Gasteiger partial charge on any atom is 0.0741 e. The molecule has 162 valence electrons. The summed E-state index contributed by atoms with van der Waals surface area (Å²) in [5.41, 5.74) is 6.83. The molecule has 0 spiro atoms. The summed E-state index contributed by atoms with van der Waals surface area (Å²) in [7, 11) is 0. The van der Waals surface area contributed by atoms with Crippen LogP contribution in [0.25, 0.3) is 27.7 Å². The number of fused-ring (bicyclic) bond motifs is 1. The van der Waals surface area contributed by atoms with Crippen molar-refractivity contribution in [3.05, 3.63) is 66.9 Å². The summed E-state index contributed by atoms with van der Waals surface area (Å²) in [6, 6.07) is 13.0. The molecule has 6 rings (SSSR count). The van der Waals surface area contributed by atoms with Gasteiger partial charge in [0.1, 0.15) is 0 Å². The van der Waals surface area contributed by atoms with Crippen LogP contribution in [0.15, 0.2) is 61.2 Å². The van der Waals surface area contributed by atoms with E-state index in [9.17, 15) is 0 Å². The molecule has 2 aliphatic heterocycles. The number of hydrogen-bond donors (Lipinski definition) is 0. The lowest BCUT2D eigenvalue weighted by molar-refractivity contribution is 0.327. The van der Waals surface area contributed by atoms with E-state index in [2.05, 4.69) is 50.1 Å². The average Bonchev–Trinajstić information content (AvgIpc) is 3.61. The van der Waals surface area contributed by atoms with Crippen molar-refractivity contribution < 1.29 is 0 Å². The summed E-state index contributed by atoms with van der Waals surface area (Å²) in [5, 5.41) is 5.84. The van der Waals surface area contributed by atoms with E-state index in [1.165, 1.54) is 50.0 Å². The van der Waals surface area contributed by atoms with E-state index >= 15 is 0 Å². The summed E-state index contributed by atoms with van der Waals surface area (Å²) < 4.78 is 2.02. The molecule has 4 aromatic rings. The van der Waals surface area contributed by atoms with Gasteiger partial charge in [0.2, 0.25) is 0 Å². The van der Waals surface area contributed by atoms with Gasteiger partial charge in [0.25, 0.3) is 0 Å². The first-order chi connectivity index (χ1) is 15.8. The molecule has 0 bridgehead atoms. The highest BCUT2D eigenvalue weighted by atomic mass is 15.3. The standard InChI is InChI=1S/C26H28N6/c1-2-10-30(9-1)19-23-15-24(7-8-28-23)32-26-6-5-20(13-22(26)17-29-32)21-14-25(18-27-16-21)31-11-3-4-12-31/h5-8,13-18H,1-4,9-12,19H2. The zero-order chi connectivity index (χ0) is 21.3. The molecule has 1 aromatic carbocycles. The first kappa shape index (κ1) is 19.4. The van der Waals surface area contributed by atoms with Crippen molar-refractivity contribution in [2.45, 2.75) is 32.2 Å². The van der Waals surface area contributed by atoms with E-state index in [1.807, 2.05) is 35.5 Å². The molecule has 3 aromatic heterocycles. The molecule has 0 amide bonds. The number of hydrogen-bond acceptors (Lipinski definition) is 5. The maximum absolute atomic E-state index is 4.71. The number of rotatable bonds is 5. The van der Waals surface area contributed by atoms with Crippen molar-refractivity contribution in [3.63, 3.8) is 0 Å². The van der Waals surface area contributed by atoms with Crippen LogP contribution in [0.3, 0.4) is 0 Å². The van der Waals surface area contributed by atoms with E-state index in [-0.39, 0.29) is 0 Å². The fourth-order valence-electron chi connectivity index (χ4n) is 5.01. The Morgan fingerprint density at radius 1 is 0.750 bits per heavy atom. The van der Waals surface area contributed by atoms with Crippen LogP contribution in [0.2, 0.25) is 0 Å². The Balaban J connectivity index is 1.29. The van der Waals surface area contributed by atoms with Gasteiger partial charge in [-0.3, -0.25) is 14.9 Å². The number of aromatic nitrogens is 4. The van der Waals surface area contributed by atoms with Crippen LogP contribution < -0.4 is 4.90 Å². The third-order valence-corrected chi connectivity index (χ3v) is 6.73. The fraction of sp³-hybridized carbons (Fsp3) is 0.346. The molecule has 32 heavy (non-hydrogen) atoms. The van der Waals surface area contributed by atoms with E-state index in [0.29, 0.717) is 0 Å². The Morgan fingerprint density at radius 3 is 2.47 bits per heavy atom. The molecule has 0 radical (unpaired) electrons. The topological polar surface area (TPSA) is 50.1 Å². The van der Waals surface area contributed by atoms with Gasteiger partial charge in [-0.25, -0.2) is 4.68 Å². The highest BCUT2D eigenvalue weighted by molar-refractivity contribution is 5.86. The van der Waals surface area contributed by atoms with E-state index < -0.39 is 0 Å². The second-order valence-corrected chi connectivity index (χ2v) is 8.94. The monoisotopic (exact) mass is 424 g/mol. The molecule has 2 aliphatic rings. The minimum absolute atomic E-state index is 0.914. The Morgan fingerprint density at radius 2 is 1.59 bits per heavy atom. The van der Waals surface area contributed by atoms with Crippen LogP contribution in [0.1, 0.15) is 31.4 Å². The minimum atomic E-state index is 0.914. The lowest BCUT2D eigenvalue weighted by Crippen LogP contribution is -2.19. The molecule has 5 heterocycles. The van der Waals surface area contributed by atoms with E-state index in [4.69, 9.17) is 5.10 Å². The van der Waals surface area contributed by atoms with Crippen LogP contribution in [0.5, 0.6) is 0 Å². The van der Waals surface area contributed by atoms with Crippen molar-refractivity contribution in [2.75, 3.05) is 31.1 Å². The zero-order valence-corrected chi connectivity index (χ0v) is 18.3. The number of anilines is 1. The normalized spacial score (nSPS) is 16.9. The Labute approximate surface area is 188 Å². The van der Waals surface area contributed by atoms with Crippen molar-refractivity contribution in [1.29, 1.82) is 0 Å². The van der Waals surface area contributed by atoms with Crippen molar-refractivity contribution in [1.82, 2.24) is 24.6 Å². The molecule has 0 saturated carbocycles. The van der Waals surface area contributed by atoms with Crippen LogP contribution >= 0.6 is 0 Å². The van der Waals surface area contributed by atoms with Crippen molar-refractivity contribution in [2.24, 2.45) is 0 Å². The third-order valence-electron chi connectivity index (χ3n) is 6.73. The highest BCUT2D eigenvalue weighted by Crippen LogP contribution is 2.29. The number of benzene rings is 1. The van der Waals surface area contributed by atoms with Gasteiger partial charge in [-0.1, -0.05) is 6.07 Å². The van der Waals surface area contributed by atoms with Gasteiger partial charge in [-0.05, 0) is 74.7 Å². The summed E-state index contributed by atoms with van der Waals surface area (Å²) in [5.74, 6) is 0. The summed E-state index contributed by atoms with van der Waals surface area (Å²) in [4.78, 5) is 14.0. The molecule has 0 unspecified atom stereocenters. The predicted octanol–water partition coefficient (Wildman–Crippen LogP) is 4.68. The van der Waals surface area contributed by atoms with Gasteiger partial charge in [0, 0.05) is 43.0 Å². The van der Waals surface area contributed by atoms with Crippen molar-refractivity contribution >= 4 is 16.6 Å². The lowest BCUT2D eigenvalue weighted by Gasteiger charge is -2.17. The number of pyridine rings is 2. The molecule has 0 atom stereocenters. The summed E-state index contributed by atoms with van der Waals surface area (Å²) in [6.07, 6.45) is 12.9. The zero-order valence-electron chi connectivity index (χ0n) is 18.3. The summed E-state index contributed by atoms with van der Waals surface area (Å²) >= 11 is 0. The fourth-order valence-corrected chi connectivity index (χ4v) is 5.01. The van der Waals surface area contributed by atoms with E-state index in [1.54, 1.807) is 0 Å². The van der Waals surface area contributed by atoms with Gasteiger partial charge >= 0.3 is 0 Å². The van der Waals surface area contributed by atoms with Crippen molar-refractivity contribution in [3.8, 4) is 16.8 Å². The lowest BCUT2D eigenvalue weighted by atomic mass is 10.1. The largest absolute Gasteiger partial charge is 0.370 e. The van der Waals surface area contributed by atoms with Crippen LogP contribution in [0, 0.1) is 0 Å². The highest BCUT2D eigenvalue weighted by Gasteiger charge is 2.15. The molecule has 0 aliphatic carbocycles. The molecule has 0 N–H and O–H groups in total. The van der Waals surface area contributed by atoms with E-state index in [0.717, 1.165) is 47.5 Å². The Bertz CT molecular complexity index is 1230. The van der Waals surface area contributed by atoms with Gasteiger partial charge in [-0.2, -0.15) is 5.10 Å². The maximum atomic E-state index is 4.71. The van der Waals surface area contributed by atoms with Gasteiger partial charge < -0.3 is 4.90 Å². The van der Waals surface area contributed by atoms with Crippen LogP contribution in [-0.4, -0.2) is 50.8 Å². The first-order valence-electron chi connectivity index (χ1n) is 11.7. The molecular weight excluding hydrogens is 396 g/mol. The average molecular weight is 425 g/mol. The molecule has 6 heteroatoms. The Kier molecular flexibility index (Phi) is 5.07. The second kappa shape index (κ2) is 8.36. The predicted molar refractivity (Wildman–Crippen MR) is 128 cm³/mol. The van der Waals surface area contributed by atoms with Crippen LogP contribution in [-0.2, 0) is 6.54 Å². The molecule has 6 nitrogen and oxygen atoms in total. The van der Waals surface area contributed by atoms with Gasteiger partial charge in [-0.15, -0.1) is 0 Å². The van der Waals surface area contributed by atoms with Gasteiger partial charge in [0.15, 0.2) is 0 Å². The Hall–Kier alpha value is -3.25. The number of likely N-dealkylation sites (tertiary alicyclic amines) is 1. The quantitative estimate of drug-likeness (QED) is 0.466. The molecular formula is C26H28N6. The van der Waals surface area contributed by atoms with Crippen LogP contribution in [0.4, 0.5) is 5.69 Å². The SMILES string of the molecule is c1cc(-n2ncc3cc(-c4cncc(N5CCCC5)c4)ccc32)cc(CN2CCCC2)n1. The summed E-state index contributed by atoms with van der Waals surface area (Å²) in [6.45, 7) is 5.52. The molecule has 2 saturated heterocycles. The van der Waals surface area contributed by atoms with Gasteiger partial charge in [0.05, 0.1) is 35.0 Å². The second-order valence-electron chi connectivity index (χ2n) is 8.94. The smallest absolute Gasteiger partial charge is 0.0741 e. The third kappa shape index (κ3) is 3.75.